The van der Waals surface area contributed by atoms with E-state index in [1.807, 2.05) is 0 Å². The number of nitrogens with zero attached hydrogens (tertiary/aromatic N) is 7. The van der Waals surface area contributed by atoms with Crippen molar-refractivity contribution in [3.63, 3.8) is 0 Å². The standard InChI is InChI=1S/C19H18F2N8O/c1-27(2)9-16(30)25-12-4-13(20)19(14(21)5-12)29-15-7-22-10-23-18(15)17(26-29)11-6-24-28(3)8-11/h4-8,10H,9H2,1-3H3,(H,25,30). The van der Waals surface area contributed by atoms with Crippen LogP contribution in [0.4, 0.5) is 14.5 Å². The number of hydrogen-bond acceptors (Lipinski definition) is 6. The molecule has 0 aliphatic carbocycles. The van der Waals surface area contributed by atoms with Crippen LogP contribution in [0.1, 0.15) is 0 Å². The van der Waals surface area contributed by atoms with Crippen molar-refractivity contribution in [2.75, 3.05) is 26.0 Å². The second-order valence-corrected chi connectivity index (χ2v) is 6.99. The first-order valence-electron chi connectivity index (χ1n) is 8.95. The SMILES string of the molecule is CN(C)CC(=O)Nc1cc(F)c(-n2nc(-c3cnn(C)c3)c3ncncc32)c(F)c1. The Morgan fingerprint density at radius 3 is 2.57 bits per heavy atom. The molecule has 0 aliphatic heterocycles. The summed E-state index contributed by atoms with van der Waals surface area (Å²) in [7, 11) is 5.18. The van der Waals surface area contributed by atoms with E-state index < -0.39 is 17.3 Å². The second-order valence-electron chi connectivity index (χ2n) is 6.99. The van der Waals surface area contributed by atoms with E-state index in [4.69, 9.17) is 0 Å². The van der Waals surface area contributed by atoms with E-state index in [0.717, 1.165) is 16.8 Å². The summed E-state index contributed by atoms with van der Waals surface area (Å²) < 4.78 is 32.6. The fraction of sp³-hybridized carbons (Fsp3) is 0.211. The monoisotopic (exact) mass is 412 g/mol. The van der Waals surface area contributed by atoms with Gasteiger partial charge >= 0.3 is 0 Å². The average Bonchev–Trinajstić information content (AvgIpc) is 3.24. The summed E-state index contributed by atoms with van der Waals surface area (Å²) in [6.07, 6.45) is 6.08. The molecule has 1 N–H and O–H groups in total. The van der Waals surface area contributed by atoms with Crippen LogP contribution in [-0.4, -0.2) is 61.0 Å². The van der Waals surface area contributed by atoms with Gasteiger partial charge in [0.2, 0.25) is 5.91 Å². The van der Waals surface area contributed by atoms with Gasteiger partial charge in [0.05, 0.1) is 18.9 Å². The molecule has 0 bridgehead atoms. The highest BCUT2D eigenvalue weighted by Gasteiger charge is 2.22. The van der Waals surface area contributed by atoms with E-state index in [0.29, 0.717) is 22.3 Å². The molecule has 3 aromatic heterocycles. The molecule has 3 heterocycles. The maximum Gasteiger partial charge on any atom is 0.238 e. The van der Waals surface area contributed by atoms with Crippen molar-refractivity contribution < 1.29 is 13.6 Å². The number of halogens is 2. The van der Waals surface area contributed by atoms with Gasteiger partial charge in [-0.3, -0.25) is 9.48 Å². The number of amides is 1. The molecule has 0 atom stereocenters. The maximum absolute atomic E-state index is 14.9. The quantitative estimate of drug-likeness (QED) is 0.539. The van der Waals surface area contributed by atoms with E-state index in [-0.39, 0.29) is 18.1 Å². The summed E-state index contributed by atoms with van der Waals surface area (Å²) in [5.74, 6) is -2.16. The Balaban J connectivity index is 1.80. The fourth-order valence-electron chi connectivity index (χ4n) is 3.10. The van der Waals surface area contributed by atoms with Gasteiger partial charge in [0.15, 0.2) is 11.6 Å². The number of rotatable bonds is 5. The van der Waals surface area contributed by atoms with E-state index in [9.17, 15) is 13.6 Å². The molecule has 0 fully saturated rings. The smallest absolute Gasteiger partial charge is 0.238 e. The minimum absolute atomic E-state index is 0.0146. The van der Waals surface area contributed by atoms with Crippen LogP contribution in [0.5, 0.6) is 0 Å². The Labute approximate surface area is 170 Å². The zero-order valence-corrected chi connectivity index (χ0v) is 16.5. The number of nitrogens with one attached hydrogen (secondary N) is 1. The molecular formula is C19H18F2N8O. The van der Waals surface area contributed by atoms with Crippen molar-refractivity contribution in [2.24, 2.45) is 7.05 Å². The van der Waals surface area contributed by atoms with Crippen LogP contribution < -0.4 is 5.32 Å². The number of likely N-dealkylation sites (N-methyl/N-ethyl adjacent to an activating group) is 1. The Kier molecular flexibility index (Phi) is 4.96. The maximum atomic E-state index is 14.9. The second kappa shape index (κ2) is 7.59. The third-order valence-corrected chi connectivity index (χ3v) is 4.30. The number of fused-ring (bicyclic) bond motifs is 1. The van der Waals surface area contributed by atoms with Gasteiger partial charge in [0.25, 0.3) is 0 Å². The van der Waals surface area contributed by atoms with Gasteiger partial charge in [-0.2, -0.15) is 10.2 Å². The Hall–Kier alpha value is -3.73. The zero-order valence-electron chi connectivity index (χ0n) is 16.5. The van der Waals surface area contributed by atoms with Crippen LogP contribution in [0.25, 0.3) is 28.0 Å². The topological polar surface area (TPSA) is 93.8 Å². The predicted octanol–water partition coefficient (Wildman–Crippen LogP) is 1.99. The molecular weight excluding hydrogens is 394 g/mol. The van der Waals surface area contributed by atoms with E-state index in [1.165, 1.54) is 12.5 Å². The summed E-state index contributed by atoms with van der Waals surface area (Å²) in [5, 5.41) is 11.0. The first kappa shape index (κ1) is 19.6. The largest absolute Gasteiger partial charge is 0.325 e. The van der Waals surface area contributed by atoms with Crippen molar-refractivity contribution in [3.05, 3.63) is 48.7 Å². The molecule has 30 heavy (non-hydrogen) atoms. The molecule has 1 aromatic carbocycles. The lowest BCUT2D eigenvalue weighted by molar-refractivity contribution is -0.116. The van der Waals surface area contributed by atoms with Crippen molar-refractivity contribution in [3.8, 4) is 16.9 Å². The molecule has 154 valence electrons. The van der Waals surface area contributed by atoms with Crippen LogP contribution in [0.2, 0.25) is 0 Å². The first-order valence-corrected chi connectivity index (χ1v) is 8.95. The lowest BCUT2D eigenvalue weighted by Crippen LogP contribution is -2.27. The number of anilines is 1. The van der Waals surface area contributed by atoms with Gasteiger partial charge in [-0.1, -0.05) is 0 Å². The zero-order chi connectivity index (χ0) is 21.4. The number of aromatic nitrogens is 6. The average molecular weight is 412 g/mol. The third-order valence-electron chi connectivity index (χ3n) is 4.30. The Morgan fingerprint density at radius 1 is 1.20 bits per heavy atom. The van der Waals surface area contributed by atoms with Gasteiger partial charge in [-0.25, -0.2) is 23.4 Å². The highest BCUT2D eigenvalue weighted by atomic mass is 19.1. The molecule has 4 rings (SSSR count). The molecule has 0 aliphatic rings. The molecule has 0 spiro atoms. The van der Waals surface area contributed by atoms with Crippen LogP contribution >= 0.6 is 0 Å². The van der Waals surface area contributed by atoms with E-state index in [1.54, 1.807) is 43.1 Å². The lowest BCUT2D eigenvalue weighted by Gasteiger charge is -2.12. The Morgan fingerprint density at radius 2 is 1.93 bits per heavy atom. The van der Waals surface area contributed by atoms with E-state index >= 15 is 0 Å². The van der Waals surface area contributed by atoms with Crippen molar-refractivity contribution in [1.29, 1.82) is 0 Å². The third kappa shape index (κ3) is 3.62. The minimum atomic E-state index is -0.888. The summed E-state index contributed by atoms with van der Waals surface area (Å²) in [6, 6.07) is 2.10. The highest BCUT2D eigenvalue weighted by Crippen LogP contribution is 2.30. The lowest BCUT2D eigenvalue weighted by atomic mass is 10.2. The van der Waals surface area contributed by atoms with Crippen molar-refractivity contribution in [2.45, 2.75) is 0 Å². The summed E-state index contributed by atoms with van der Waals surface area (Å²) in [6.45, 7) is 0.0839. The van der Waals surface area contributed by atoms with Crippen LogP contribution in [-0.2, 0) is 11.8 Å². The molecule has 0 saturated carbocycles. The molecule has 0 unspecified atom stereocenters. The van der Waals surface area contributed by atoms with Crippen molar-refractivity contribution in [1.82, 2.24) is 34.4 Å². The number of carbonyl (C=O) groups excluding carboxylic acids is 1. The highest BCUT2D eigenvalue weighted by molar-refractivity contribution is 5.93. The predicted molar refractivity (Wildman–Crippen MR) is 106 cm³/mol. The number of carbonyl (C=O) groups is 1. The minimum Gasteiger partial charge on any atom is -0.325 e. The Bertz CT molecular complexity index is 1220. The van der Waals surface area contributed by atoms with Gasteiger partial charge < -0.3 is 10.2 Å². The van der Waals surface area contributed by atoms with Crippen LogP contribution in [0.3, 0.4) is 0 Å². The molecule has 11 heteroatoms. The van der Waals surface area contributed by atoms with Gasteiger partial charge in [-0.15, -0.1) is 0 Å². The number of aryl methyl sites for hydroxylation is 1. The summed E-state index contributed by atoms with van der Waals surface area (Å²) >= 11 is 0. The van der Waals surface area contributed by atoms with Gasteiger partial charge in [0.1, 0.15) is 28.7 Å². The number of hydrogen-bond donors (Lipinski definition) is 1. The molecule has 4 aromatic rings. The van der Waals surface area contributed by atoms with Gasteiger partial charge in [-0.05, 0) is 26.2 Å². The molecule has 1 amide bonds. The summed E-state index contributed by atoms with van der Waals surface area (Å²) in [4.78, 5) is 21.7. The van der Waals surface area contributed by atoms with Crippen LogP contribution in [0, 0.1) is 11.6 Å². The molecule has 0 radical (unpaired) electrons. The molecule has 9 nitrogen and oxygen atoms in total. The van der Waals surface area contributed by atoms with Gasteiger partial charge in [0, 0.05) is 24.5 Å². The normalized spacial score (nSPS) is 11.4. The number of benzene rings is 1. The first-order chi connectivity index (χ1) is 14.3. The van der Waals surface area contributed by atoms with E-state index in [2.05, 4.69) is 25.5 Å². The summed E-state index contributed by atoms with van der Waals surface area (Å²) in [5.41, 5.74) is 1.45. The van der Waals surface area contributed by atoms with Crippen molar-refractivity contribution >= 4 is 22.6 Å². The molecule has 0 saturated heterocycles. The van der Waals surface area contributed by atoms with Crippen LogP contribution in [0.15, 0.2) is 37.1 Å². The fourth-order valence-corrected chi connectivity index (χ4v) is 3.10.